The summed E-state index contributed by atoms with van der Waals surface area (Å²) in [7, 11) is 0. The van der Waals surface area contributed by atoms with E-state index in [1.54, 1.807) is 0 Å². The Labute approximate surface area is 86.9 Å². The first-order valence-corrected chi connectivity index (χ1v) is 4.84. The van der Waals surface area contributed by atoms with Crippen molar-refractivity contribution in [2.45, 2.75) is 25.8 Å². The van der Waals surface area contributed by atoms with E-state index in [4.69, 9.17) is 17.3 Å². The maximum atomic E-state index is 12.9. The second-order valence-electron chi connectivity index (χ2n) is 3.18. The van der Waals surface area contributed by atoms with Crippen molar-refractivity contribution in [1.82, 2.24) is 0 Å². The third kappa shape index (κ3) is 2.42. The van der Waals surface area contributed by atoms with Gasteiger partial charge in [-0.1, -0.05) is 24.9 Å². The summed E-state index contributed by atoms with van der Waals surface area (Å²) >= 11 is 5.75. The highest BCUT2D eigenvalue weighted by atomic mass is 35.5. The van der Waals surface area contributed by atoms with Crippen molar-refractivity contribution < 1.29 is 8.78 Å². The van der Waals surface area contributed by atoms with Crippen LogP contribution in [0.3, 0.4) is 0 Å². The van der Waals surface area contributed by atoms with Gasteiger partial charge in [-0.15, -0.1) is 0 Å². The largest absolute Gasteiger partial charge is 0.324 e. The molecule has 4 heteroatoms. The van der Waals surface area contributed by atoms with Crippen LogP contribution in [-0.4, -0.2) is 0 Å². The van der Waals surface area contributed by atoms with E-state index in [-0.39, 0.29) is 11.1 Å². The number of nitrogens with two attached hydrogens (primary N) is 1. The predicted molar refractivity (Wildman–Crippen MR) is 53.2 cm³/mol. The molecule has 0 radical (unpaired) electrons. The van der Waals surface area contributed by atoms with Gasteiger partial charge < -0.3 is 5.73 Å². The fourth-order valence-electron chi connectivity index (χ4n) is 1.29. The van der Waals surface area contributed by atoms with Crippen LogP contribution in [0.2, 0.25) is 5.02 Å². The summed E-state index contributed by atoms with van der Waals surface area (Å²) < 4.78 is 25.6. The minimum Gasteiger partial charge on any atom is -0.324 e. The van der Waals surface area contributed by atoms with Crippen molar-refractivity contribution in [3.05, 3.63) is 34.4 Å². The fraction of sp³-hybridized carbons (Fsp3) is 0.400. The number of benzene rings is 1. The lowest BCUT2D eigenvalue weighted by molar-refractivity contribution is 0.504. The van der Waals surface area contributed by atoms with Crippen molar-refractivity contribution in [3.63, 3.8) is 0 Å². The molecular formula is C10H12ClF2N. The van der Waals surface area contributed by atoms with Gasteiger partial charge in [0, 0.05) is 11.1 Å². The maximum absolute atomic E-state index is 12.9. The second-order valence-corrected chi connectivity index (χ2v) is 3.59. The lowest BCUT2D eigenvalue weighted by Gasteiger charge is -2.12. The molecule has 0 aromatic heterocycles. The SMILES string of the molecule is CCC[C@H](N)c1cc(F)c(F)cc1Cl. The molecule has 1 atom stereocenters. The average molecular weight is 220 g/mol. The van der Waals surface area contributed by atoms with Gasteiger partial charge in [0.05, 0.1) is 0 Å². The van der Waals surface area contributed by atoms with E-state index < -0.39 is 11.6 Å². The van der Waals surface area contributed by atoms with Crippen molar-refractivity contribution >= 4 is 11.6 Å². The molecule has 1 aromatic rings. The number of hydrogen-bond donors (Lipinski definition) is 1. The summed E-state index contributed by atoms with van der Waals surface area (Å²) in [6.07, 6.45) is 1.57. The first-order valence-electron chi connectivity index (χ1n) is 4.46. The standard InChI is InChI=1S/C10H12ClF2N/c1-2-3-10(14)6-4-8(12)9(13)5-7(6)11/h4-5,10H,2-3,14H2,1H3/t10-/m0/s1. The quantitative estimate of drug-likeness (QED) is 0.775. The number of rotatable bonds is 3. The van der Waals surface area contributed by atoms with Gasteiger partial charge in [0.25, 0.3) is 0 Å². The van der Waals surface area contributed by atoms with Crippen LogP contribution in [0.1, 0.15) is 31.4 Å². The third-order valence-electron chi connectivity index (χ3n) is 2.04. The van der Waals surface area contributed by atoms with E-state index in [2.05, 4.69) is 0 Å². The van der Waals surface area contributed by atoms with E-state index in [9.17, 15) is 8.78 Å². The highest BCUT2D eigenvalue weighted by Gasteiger charge is 2.13. The van der Waals surface area contributed by atoms with Crippen LogP contribution in [0, 0.1) is 11.6 Å². The van der Waals surface area contributed by atoms with Crippen molar-refractivity contribution in [3.8, 4) is 0 Å². The average Bonchev–Trinajstić information content (AvgIpc) is 2.11. The molecule has 1 nitrogen and oxygen atoms in total. The smallest absolute Gasteiger partial charge is 0.160 e. The summed E-state index contributed by atoms with van der Waals surface area (Å²) in [4.78, 5) is 0. The first kappa shape index (κ1) is 11.4. The third-order valence-corrected chi connectivity index (χ3v) is 2.37. The molecule has 0 aliphatic carbocycles. The Morgan fingerprint density at radius 1 is 1.36 bits per heavy atom. The predicted octanol–water partition coefficient (Wildman–Crippen LogP) is 3.42. The normalized spacial score (nSPS) is 12.9. The molecule has 1 rings (SSSR count). The molecule has 0 saturated carbocycles. The van der Waals surface area contributed by atoms with Gasteiger partial charge in [-0.2, -0.15) is 0 Å². The van der Waals surface area contributed by atoms with Crippen LogP contribution in [0.25, 0.3) is 0 Å². The van der Waals surface area contributed by atoms with Gasteiger partial charge in [0.1, 0.15) is 0 Å². The molecule has 0 heterocycles. The topological polar surface area (TPSA) is 26.0 Å². The molecule has 2 N–H and O–H groups in total. The molecule has 14 heavy (non-hydrogen) atoms. The van der Waals surface area contributed by atoms with Gasteiger partial charge in [0.2, 0.25) is 0 Å². The Kier molecular flexibility index (Phi) is 3.84. The summed E-state index contributed by atoms with van der Waals surface area (Å²) in [5.74, 6) is -1.85. The Hall–Kier alpha value is -0.670. The Morgan fingerprint density at radius 2 is 1.93 bits per heavy atom. The van der Waals surface area contributed by atoms with Crippen LogP contribution in [-0.2, 0) is 0 Å². The van der Waals surface area contributed by atoms with Crippen LogP contribution in [0.5, 0.6) is 0 Å². The molecule has 0 bridgehead atoms. The Morgan fingerprint density at radius 3 is 2.50 bits per heavy atom. The molecule has 1 aromatic carbocycles. The summed E-state index contributed by atoms with van der Waals surface area (Å²) in [5, 5.41) is 0.185. The van der Waals surface area contributed by atoms with Crippen molar-refractivity contribution in [2.75, 3.05) is 0 Å². The zero-order valence-electron chi connectivity index (χ0n) is 7.86. The van der Waals surface area contributed by atoms with Crippen LogP contribution in [0.4, 0.5) is 8.78 Å². The minimum absolute atomic E-state index is 0.185. The zero-order valence-corrected chi connectivity index (χ0v) is 8.61. The molecular weight excluding hydrogens is 208 g/mol. The Balaban J connectivity index is 3.02. The molecule has 0 spiro atoms. The monoisotopic (exact) mass is 219 g/mol. The van der Waals surface area contributed by atoms with E-state index in [1.165, 1.54) is 0 Å². The lowest BCUT2D eigenvalue weighted by Crippen LogP contribution is -2.11. The fourth-order valence-corrected chi connectivity index (χ4v) is 1.58. The summed E-state index contributed by atoms with van der Waals surface area (Å²) in [5.41, 5.74) is 6.22. The highest BCUT2D eigenvalue weighted by Crippen LogP contribution is 2.26. The molecule has 0 fully saturated rings. The number of hydrogen-bond acceptors (Lipinski definition) is 1. The first-order chi connectivity index (χ1) is 6.56. The molecule has 0 unspecified atom stereocenters. The van der Waals surface area contributed by atoms with E-state index in [0.717, 1.165) is 18.6 Å². The Bertz CT molecular complexity index is 328. The molecule has 78 valence electrons. The van der Waals surface area contributed by atoms with E-state index in [1.807, 2.05) is 6.92 Å². The zero-order chi connectivity index (χ0) is 10.7. The van der Waals surface area contributed by atoms with Crippen LogP contribution >= 0.6 is 11.6 Å². The maximum Gasteiger partial charge on any atom is 0.160 e. The highest BCUT2D eigenvalue weighted by molar-refractivity contribution is 6.31. The van der Waals surface area contributed by atoms with E-state index >= 15 is 0 Å². The van der Waals surface area contributed by atoms with E-state index in [0.29, 0.717) is 12.0 Å². The lowest BCUT2D eigenvalue weighted by atomic mass is 10.0. The van der Waals surface area contributed by atoms with Crippen molar-refractivity contribution in [2.24, 2.45) is 5.73 Å². The molecule has 0 aliphatic rings. The molecule has 0 aliphatic heterocycles. The molecule has 0 amide bonds. The van der Waals surface area contributed by atoms with Gasteiger partial charge in [-0.05, 0) is 24.1 Å². The second kappa shape index (κ2) is 4.71. The number of halogens is 3. The van der Waals surface area contributed by atoms with Crippen LogP contribution in [0.15, 0.2) is 12.1 Å². The van der Waals surface area contributed by atoms with Gasteiger partial charge in [0.15, 0.2) is 11.6 Å². The van der Waals surface area contributed by atoms with Gasteiger partial charge in [-0.25, -0.2) is 8.78 Å². The van der Waals surface area contributed by atoms with Gasteiger partial charge in [-0.3, -0.25) is 0 Å². The summed E-state index contributed by atoms with van der Waals surface area (Å²) in [6.45, 7) is 1.97. The molecule has 0 saturated heterocycles. The van der Waals surface area contributed by atoms with Crippen LogP contribution < -0.4 is 5.73 Å². The van der Waals surface area contributed by atoms with Crippen molar-refractivity contribution in [1.29, 1.82) is 0 Å². The minimum atomic E-state index is -0.942. The van der Waals surface area contributed by atoms with Gasteiger partial charge >= 0.3 is 0 Å². The summed E-state index contributed by atoms with van der Waals surface area (Å²) in [6, 6.07) is 1.70.